The van der Waals surface area contributed by atoms with Gasteiger partial charge in [-0.1, -0.05) is 92.7 Å². The molecule has 4 heterocycles. The van der Waals surface area contributed by atoms with E-state index in [2.05, 4.69) is 24.1 Å². The van der Waals surface area contributed by atoms with E-state index in [1.165, 1.54) is 11.3 Å². The number of ketones is 2. The summed E-state index contributed by atoms with van der Waals surface area (Å²) in [5.41, 5.74) is 3.66. The molecule has 1 fully saturated rings. The monoisotopic (exact) mass is 558 g/mol. The molecule has 0 saturated carbocycles. The zero-order valence-electron chi connectivity index (χ0n) is 22.9. The van der Waals surface area contributed by atoms with Gasteiger partial charge in [0, 0.05) is 16.9 Å². The fourth-order valence-corrected chi connectivity index (χ4v) is 7.84. The van der Waals surface area contributed by atoms with Gasteiger partial charge in [0.1, 0.15) is 11.5 Å². The number of rotatable bonds is 6. The zero-order chi connectivity index (χ0) is 28.3. The zero-order valence-corrected chi connectivity index (χ0v) is 23.7. The Balaban J connectivity index is 1.48. The summed E-state index contributed by atoms with van der Waals surface area (Å²) in [6.45, 7) is 4.33. The second kappa shape index (κ2) is 9.67. The van der Waals surface area contributed by atoms with E-state index >= 15 is 0 Å². The van der Waals surface area contributed by atoms with Gasteiger partial charge < -0.3 is 10.2 Å². The first kappa shape index (κ1) is 25.7. The Morgan fingerprint density at radius 1 is 0.927 bits per heavy atom. The van der Waals surface area contributed by atoms with Crippen LogP contribution in [0.15, 0.2) is 96.4 Å². The Kier molecular flexibility index (Phi) is 6.05. The van der Waals surface area contributed by atoms with Crippen LogP contribution in [0.5, 0.6) is 0 Å². The van der Waals surface area contributed by atoms with E-state index in [-0.39, 0.29) is 17.5 Å². The Labute approximate surface area is 243 Å². The van der Waals surface area contributed by atoms with Crippen LogP contribution in [0.3, 0.4) is 0 Å². The lowest BCUT2D eigenvalue weighted by atomic mass is 9.64. The highest BCUT2D eigenvalue weighted by molar-refractivity contribution is 7.12. The Morgan fingerprint density at radius 3 is 2.44 bits per heavy atom. The maximum Gasteiger partial charge on any atom is 0.238 e. The molecule has 3 aromatic carbocycles. The lowest BCUT2D eigenvalue weighted by molar-refractivity contribution is -0.121. The van der Waals surface area contributed by atoms with Gasteiger partial charge >= 0.3 is 0 Å². The summed E-state index contributed by atoms with van der Waals surface area (Å²) < 4.78 is 0. The van der Waals surface area contributed by atoms with Crippen LogP contribution in [0.2, 0.25) is 0 Å². The van der Waals surface area contributed by atoms with Crippen LogP contribution >= 0.6 is 11.3 Å². The molecular weight excluding hydrogens is 528 g/mol. The van der Waals surface area contributed by atoms with Gasteiger partial charge in [-0.05, 0) is 52.6 Å². The van der Waals surface area contributed by atoms with E-state index in [0.29, 0.717) is 22.0 Å². The predicted molar refractivity (Wildman–Crippen MR) is 164 cm³/mol. The number of nitrogens with zero attached hydrogens (tertiary/aromatic N) is 1. The van der Waals surface area contributed by atoms with Crippen molar-refractivity contribution in [3.63, 3.8) is 0 Å². The molecule has 41 heavy (non-hydrogen) atoms. The third-order valence-electron chi connectivity index (χ3n) is 8.74. The first-order valence-electron chi connectivity index (χ1n) is 14.1. The number of amides is 1. The molecule has 0 bridgehead atoms. The second-order valence-corrected chi connectivity index (χ2v) is 12.5. The molecule has 7 rings (SSSR count). The number of fused-ring (bicyclic) bond motifs is 6. The number of Topliss-reactive ketones (excluding diaryl/α,β-unsaturated/α-hetero) is 2. The summed E-state index contributed by atoms with van der Waals surface area (Å²) in [4.78, 5) is 46.4. The number of para-hydroxylation sites is 2. The summed E-state index contributed by atoms with van der Waals surface area (Å²) in [7, 11) is 0. The molecule has 4 atom stereocenters. The average molecular weight is 559 g/mol. The third kappa shape index (κ3) is 3.77. The highest BCUT2D eigenvalue weighted by Crippen LogP contribution is 2.58. The predicted octanol–water partition coefficient (Wildman–Crippen LogP) is 6.80. The van der Waals surface area contributed by atoms with E-state index < -0.39 is 23.4 Å². The molecule has 0 unspecified atom stereocenters. The van der Waals surface area contributed by atoms with E-state index in [9.17, 15) is 14.4 Å². The molecule has 1 saturated heterocycles. The number of hydrogen-bond acceptors (Lipinski definition) is 5. The molecule has 0 radical (unpaired) electrons. The maximum absolute atomic E-state index is 14.9. The van der Waals surface area contributed by atoms with E-state index in [4.69, 9.17) is 0 Å². The van der Waals surface area contributed by atoms with Crippen LogP contribution in [0, 0.1) is 11.8 Å². The molecule has 1 spiro atoms. The standard InChI is InChI=1S/C35H30N2O3S/c1-21(2)20-22-13-15-24(16-14-22)32(38)30-31(33(39)28-12-7-19-41-28)37-27-11-6-3-8-23(27)17-18-29(37)35(30)25-9-4-5-10-26(25)36-34(35)40/h3-19,21,29-31H,20H2,1-2H3,(H,36,40)/t29-,30+,31+,35-/m1/s1. The Morgan fingerprint density at radius 2 is 1.68 bits per heavy atom. The van der Waals surface area contributed by atoms with Gasteiger partial charge in [0.2, 0.25) is 5.91 Å². The molecule has 204 valence electrons. The summed E-state index contributed by atoms with van der Waals surface area (Å²) in [5.74, 6) is -1.03. The van der Waals surface area contributed by atoms with Crippen LogP contribution in [-0.4, -0.2) is 29.6 Å². The fourth-order valence-electron chi connectivity index (χ4n) is 7.14. The van der Waals surface area contributed by atoms with Crippen molar-refractivity contribution in [2.24, 2.45) is 11.8 Å². The van der Waals surface area contributed by atoms with Gasteiger partial charge in [0.25, 0.3) is 0 Å². The molecule has 1 N–H and O–H groups in total. The SMILES string of the molecule is CC(C)Cc1ccc(C(=O)[C@@H]2[C@@H](C(=O)c3cccs3)N3c4ccccc4C=C[C@@H]3[C@@]23C(=O)Nc2ccccc23)cc1. The molecular formula is C35H30N2O3S. The van der Waals surface area contributed by atoms with Crippen molar-refractivity contribution in [3.05, 3.63) is 124 Å². The summed E-state index contributed by atoms with van der Waals surface area (Å²) in [6, 6.07) is 25.5. The normalized spacial score (nSPS) is 23.8. The van der Waals surface area contributed by atoms with Gasteiger partial charge in [-0.3, -0.25) is 14.4 Å². The Hall–Kier alpha value is -4.29. The lowest BCUT2D eigenvalue weighted by Crippen LogP contribution is -2.51. The van der Waals surface area contributed by atoms with Crippen molar-refractivity contribution >= 4 is 46.3 Å². The molecule has 4 aromatic rings. The van der Waals surface area contributed by atoms with Gasteiger partial charge in [-0.15, -0.1) is 11.3 Å². The maximum atomic E-state index is 14.9. The van der Waals surface area contributed by atoms with Crippen molar-refractivity contribution in [2.45, 2.75) is 37.8 Å². The minimum atomic E-state index is -1.29. The topological polar surface area (TPSA) is 66.5 Å². The molecule has 3 aliphatic rings. The van der Waals surface area contributed by atoms with Gasteiger partial charge in [-0.2, -0.15) is 0 Å². The number of nitrogens with one attached hydrogen (secondary N) is 1. The van der Waals surface area contributed by atoms with E-state index in [0.717, 1.165) is 28.8 Å². The van der Waals surface area contributed by atoms with Crippen molar-refractivity contribution in [1.29, 1.82) is 0 Å². The fraction of sp³-hybridized carbons (Fsp3) is 0.229. The van der Waals surface area contributed by atoms with Crippen molar-refractivity contribution in [2.75, 3.05) is 10.2 Å². The molecule has 0 aliphatic carbocycles. The second-order valence-electron chi connectivity index (χ2n) is 11.6. The van der Waals surface area contributed by atoms with Crippen LogP contribution in [-0.2, 0) is 16.6 Å². The van der Waals surface area contributed by atoms with Gasteiger partial charge in [0.15, 0.2) is 11.6 Å². The van der Waals surface area contributed by atoms with Gasteiger partial charge in [-0.25, -0.2) is 0 Å². The number of anilines is 2. The van der Waals surface area contributed by atoms with Crippen LogP contribution in [0.25, 0.3) is 6.08 Å². The van der Waals surface area contributed by atoms with Gasteiger partial charge in [0.05, 0.1) is 16.8 Å². The lowest BCUT2D eigenvalue weighted by Gasteiger charge is -2.37. The summed E-state index contributed by atoms with van der Waals surface area (Å²) >= 11 is 1.37. The van der Waals surface area contributed by atoms with Crippen molar-refractivity contribution < 1.29 is 14.4 Å². The van der Waals surface area contributed by atoms with E-state index in [1.54, 1.807) is 0 Å². The van der Waals surface area contributed by atoms with Crippen LogP contribution in [0.4, 0.5) is 11.4 Å². The number of carbonyl (C=O) groups excluding carboxylic acids is 3. The van der Waals surface area contributed by atoms with Crippen molar-refractivity contribution in [3.8, 4) is 0 Å². The summed E-state index contributed by atoms with van der Waals surface area (Å²) in [6.07, 6.45) is 4.94. The van der Waals surface area contributed by atoms with Crippen LogP contribution < -0.4 is 10.2 Å². The number of carbonyl (C=O) groups is 3. The minimum Gasteiger partial charge on any atom is -0.352 e. The first-order chi connectivity index (χ1) is 19.9. The number of hydrogen-bond donors (Lipinski definition) is 1. The highest BCUT2D eigenvalue weighted by Gasteiger charge is 2.70. The molecule has 5 nitrogen and oxygen atoms in total. The minimum absolute atomic E-state index is 0.140. The summed E-state index contributed by atoms with van der Waals surface area (Å²) in [5, 5.41) is 4.96. The van der Waals surface area contributed by atoms with Crippen molar-refractivity contribution in [1.82, 2.24) is 0 Å². The molecule has 3 aliphatic heterocycles. The average Bonchev–Trinajstić information content (AvgIpc) is 3.69. The molecule has 1 amide bonds. The number of thiophene rings is 1. The Bertz CT molecular complexity index is 1710. The smallest absolute Gasteiger partial charge is 0.238 e. The molecule has 1 aromatic heterocycles. The quantitative estimate of drug-likeness (QED) is 0.264. The van der Waals surface area contributed by atoms with Crippen LogP contribution in [0.1, 0.15) is 50.6 Å². The first-order valence-corrected chi connectivity index (χ1v) is 15.0. The number of benzene rings is 3. The van der Waals surface area contributed by atoms with E-state index in [1.807, 2.05) is 102 Å². The highest BCUT2D eigenvalue weighted by atomic mass is 32.1. The molecule has 6 heteroatoms. The third-order valence-corrected chi connectivity index (χ3v) is 9.62. The largest absolute Gasteiger partial charge is 0.352 e.